The maximum absolute atomic E-state index is 5.97. The van der Waals surface area contributed by atoms with E-state index in [0.29, 0.717) is 18.0 Å². The molecule has 2 aromatic carbocycles. The lowest BCUT2D eigenvalue weighted by Gasteiger charge is -2.09. The van der Waals surface area contributed by atoms with Crippen molar-refractivity contribution in [3.63, 3.8) is 0 Å². The van der Waals surface area contributed by atoms with Crippen LogP contribution in [-0.2, 0) is 13.1 Å². The molecule has 0 saturated carbocycles. The first-order chi connectivity index (χ1) is 10.3. The Bertz CT molecular complexity index is 645. The Balaban J connectivity index is 1.66. The molecule has 1 heterocycles. The normalized spacial score (nSPS) is 12.5. The van der Waals surface area contributed by atoms with E-state index >= 15 is 0 Å². The third-order valence-electron chi connectivity index (χ3n) is 3.27. The van der Waals surface area contributed by atoms with Gasteiger partial charge in [-0.3, -0.25) is 0 Å². The molecule has 0 aromatic heterocycles. The molecule has 0 amide bonds. The lowest BCUT2D eigenvalue weighted by atomic mass is 10.1. The number of rotatable bonds is 5. The van der Waals surface area contributed by atoms with Crippen molar-refractivity contribution in [3.05, 3.63) is 52.5 Å². The van der Waals surface area contributed by atoms with E-state index in [1.165, 1.54) is 0 Å². The Hall–Kier alpha value is -1.91. The molecule has 4 nitrogen and oxygen atoms in total. The number of hydrogen-bond donors (Lipinski definition) is 1. The van der Waals surface area contributed by atoms with Crippen molar-refractivity contribution in [2.24, 2.45) is 0 Å². The van der Waals surface area contributed by atoms with Gasteiger partial charge in [0.25, 0.3) is 0 Å². The highest BCUT2D eigenvalue weighted by atomic mass is 35.5. The summed E-state index contributed by atoms with van der Waals surface area (Å²) in [5, 5.41) is 4.13. The van der Waals surface area contributed by atoms with Gasteiger partial charge in [-0.2, -0.15) is 0 Å². The molecule has 5 heteroatoms. The van der Waals surface area contributed by atoms with Crippen LogP contribution >= 0.6 is 11.6 Å². The minimum absolute atomic E-state index is 0.241. The molecule has 1 aliphatic rings. The average Bonchev–Trinajstić information content (AvgIpc) is 2.95. The third-order valence-corrected chi connectivity index (χ3v) is 3.50. The van der Waals surface area contributed by atoms with E-state index in [4.69, 9.17) is 25.8 Å². The van der Waals surface area contributed by atoms with Gasteiger partial charge in [0, 0.05) is 18.1 Å². The highest BCUT2D eigenvalue weighted by Gasteiger charge is 2.19. The Kier molecular flexibility index (Phi) is 4.18. The second-order valence-corrected chi connectivity index (χ2v) is 5.20. The summed E-state index contributed by atoms with van der Waals surface area (Å²) in [6, 6.07) is 11.7. The highest BCUT2D eigenvalue weighted by Crippen LogP contribution is 2.41. The van der Waals surface area contributed by atoms with Crippen LogP contribution in [0.4, 0.5) is 0 Å². The lowest BCUT2D eigenvalue weighted by molar-refractivity contribution is 0.171. The molecule has 0 spiro atoms. The first-order valence-corrected chi connectivity index (χ1v) is 7.06. The monoisotopic (exact) mass is 305 g/mol. The predicted octanol–water partition coefficient (Wildman–Crippen LogP) is 3.37. The second kappa shape index (κ2) is 6.24. The van der Waals surface area contributed by atoms with Crippen LogP contribution in [0.3, 0.4) is 0 Å². The first-order valence-electron chi connectivity index (χ1n) is 6.68. The fourth-order valence-corrected chi connectivity index (χ4v) is 2.50. The molecular formula is C16H16ClNO3. The first kappa shape index (κ1) is 14.0. The number of fused-ring (bicyclic) bond motifs is 1. The molecule has 1 N–H and O–H groups in total. The standard InChI is InChI=1S/C16H16ClNO3/c1-19-14-6-12(7-15-16(14)21-10-20-15)9-18-8-11-3-2-4-13(17)5-11/h2-7,18H,8-10H2,1H3. The van der Waals surface area contributed by atoms with Crippen molar-refractivity contribution in [2.45, 2.75) is 13.1 Å². The van der Waals surface area contributed by atoms with Crippen LogP contribution in [0.1, 0.15) is 11.1 Å². The van der Waals surface area contributed by atoms with Gasteiger partial charge < -0.3 is 19.5 Å². The third kappa shape index (κ3) is 3.23. The quantitative estimate of drug-likeness (QED) is 0.919. The molecule has 0 fully saturated rings. The molecule has 0 atom stereocenters. The number of methoxy groups -OCH3 is 1. The van der Waals surface area contributed by atoms with E-state index in [2.05, 4.69) is 5.32 Å². The summed E-state index contributed by atoms with van der Waals surface area (Å²) in [6.45, 7) is 1.70. The summed E-state index contributed by atoms with van der Waals surface area (Å²) in [4.78, 5) is 0. The molecule has 110 valence electrons. The minimum Gasteiger partial charge on any atom is -0.493 e. The van der Waals surface area contributed by atoms with Crippen molar-refractivity contribution in [2.75, 3.05) is 13.9 Å². The number of benzene rings is 2. The lowest BCUT2D eigenvalue weighted by Crippen LogP contribution is -2.12. The topological polar surface area (TPSA) is 39.7 Å². The largest absolute Gasteiger partial charge is 0.493 e. The zero-order valence-electron chi connectivity index (χ0n) is 11.7. The Morgan fingerprint density at radius 3 is 2.81 bits per heavy atom. The summed E-state index contributed by atoms with van der Waals surface area (Å²) in [7, 11) is 1.63. The zero-order valence-corrected chi connectivity index (χ0v) is 12.4. The van der Waals surface area contributed by atoms with Gasteiger partial charge in [0.2, 0.25) is 12.5 Å². The van der Waals surface area contributed by atoms with Gasteiger partial charge in [0.05, 0.1) is 7.11 Å². The maximum Gasteiger partial charge on any atom is 0.231 e. The van der Waals surface area contributed by atoms with Crippen molar-refractivity contribution in [1.29, 1.82) is 0 Å². The number of hydrogen-bond acceptors (Lipinski definition) is 4. The molecule has 3 rings (SSSR count). The Morgan fingerprint density at radius 2 is 2.00 bits per heavy atom. The van der Waals surface area contributed by atoms with Gasteiger partial charge in [0.15, 0.2) is 11.5 Å². The Labute approximate surface area is 128 Å². The van der Waals surface area contributed by atoms with Crippen LogP contribution in [0.15, 0.2) is 36.4 Å². The summed E-state index contributed by atoms with van der Waals surface area (Å²) < 4.78 is 16.1. The van der Waals surface area contributed by atoms with Crippen molar-refractivity contribution in [3.8, 4) is 17.2 Å². The average molecular weight is 306 g/mol. The van der Waals surface area contributed by atoms with Crippen LogP contribution in [0.5, 0.6) is 17.2 Å². The Morgan fingerprint density at radius 1 is 1.14 bits per heavy atom. The fourth-order valence-electron chi connectivity index (χ4n) is 2.28. The molecule has 1 aliphatic heterocycles. The molecule has 0 bridgehead atoms. The van der Waals surface area contributed by atoms with E-state index in [1.807, 2.05) is 36.4 Å². The van der Waals surface area contributed by atoms with Crippen molar-refractivity contribution in [1.82, 2.24) is 5.32 Å². The number of ether oxygens (including phenoxy) is 3. The SMILES string of the molecule is COc1cc(CNCc2cccc(Cl)c2)cc2c1OCO2. The number of nitrogens with one attached hydrogen (secondary N) is 1. The van der Waals surface area contributed by atoms with Crippen LogP contribution in [-0.4, -0.2) is 13.9 Å². The summed E-state index contributed by atoms with van der Waals surface area (Å²) in [5.74, 6) is 2.11. The summed E-state index contributed by atoms with van der Waals surface area (Å²) >= 11 is 5.97. The predicted molar refractivity (Wildman–Crippen MR) is 81.1 cm³/mol. The van der Waals surface area contributed by atoms with Gasteiger partial charge in [-0.25, -0.2) is 0 Å². The molecule has 0 radical (unpaired) electrons. The molecule has 0 saturated heterocycles. The smallest absolute Gasteiger partial charge is 0.231 e. The van der Waals surface area contributed by atoms with Crippen LogP contribution in [0.25, 0.3) is 0 Å². The second-order valence-electron chi connectivity index (χ2n) is 4.77. The molecule has 0 unspecified atom stereocenters. The van der Waals surface area contributed by atoms with Crippen LogP contribution in [0.2, 0.25) is 5.02 Å². The van der Waals surface area contributed by atoms with Gasteiger partial charge in [-0.1, -0.05) is 23.7 Å². The molecule has 21 heavy (non-hydrogen) atoms. The van der Waals surface area contributed by atoms with Gasteiger partial charge in [-0.05, 0) is 35.4 Å². The fraction of sp³-hybridized carbons (Fsp3) is 0.250. The van der Waals surface area contributed by atoms with E-state index in [0.717, 1.165) is 28.4 Å². The van der Waals surface area contributed by atoms with E-state index < -0.39 is 0 Å². The van der Waals surface area contributed by atoms with Crippen LogP contribution in [0, 0.1) is 0 Å². The van der Waals surface area contributed by atoms with Crippen LogP contribution < -0.4 is 19.5 Å². The van der Waals surface area contributed by atoms with Gasteiger partial charge >= 0.3 is 0 Å². The molecule has 2 aromatic rings. The summed E-state index contributed by atoms with van der Waals surface area (Å²) in [6.07, 6.45) is 0. The molecule has 0 aliphatic carbocycles. The minimum atomic E-state index is 0.241. The van der Waals surface area contributed by atoms with E-state index in [-0.39, 0.29) is 6.79 Å². The zero-order chi connectivity index (χ0) is 14.7. The number of halogens is 1. The summed E-state index contributed by atoms with van der Waals surface area (Å²) in [5.41, 5.74) is 2.23. The van der Waals surface area contributed by atoms with Crippen molar-refractivity contribution < 1.29 is 14.2 Å². The maximum atomic E-state index is 5.97. The van der Waals surface area contributed by atoms with E-state index in [9.17, 15) is 0 Å². The van der Waals surface area contributed by atoms with Gasteiger partial charge in [0.1, 0.15) is 0 Å². The molecular weight excluding hydrogens is 290 g/mol. The van der Waals surface area contributed by atoms with E-state index in [1.54, 1.807) is 7.11 Å². The highest BCUT2D eigenvalue weighted by molar-refractivity contribution is 6.30. The van der Waals surface area contributed by atoms with Crippen molar-refractivity contribution >= 4 is 11.6 Å². The van der Waals surface area contributed by atoms with Gasteiger partial charge in [-0.15, -0.1) is 0 Å².